The smallest absolute Gasteiger partial charge is 0.244 e. The van der Waals surface area contributed by atoms with Gasteiger partial charge in [0.1, 0.15) is 4.90 Å². The quantitative estimate of drug-likeness (QED) is 0.606. The molecular weight excluding hydrogens is 276 g/mol. The molecule has 0 amide bonds. The van der Waals surface area contributed by atoms with Crippen LogP contribution in [0.4, 0.5) is 0 Å². The normalized spacial score (nSPS) is 13.6. The van der Waals surface area contributed by atoms with Crippen molar-refractivity contribution in [2.24, 2.45) is 0 Å². The molecule has 1 aromatic rings. The summed E-state index contributed by atoms with van der Waals surface area (Å²) in [7, 11) is -3.52. The van der Waals surface area contributed by atoms with E-state index >= 15 is 0 Å². The lowest BCUT2D eigenvalue weighted by atomic mass is 10.2. The Morgan fingerprint density at radius 1 is 1.30 bits per heavy atom. The number of hydrogen-bond donors (Lipinski definition) is 3. The van der Waals surface area contributed by atoms with Gasteiger partial charge in [0.2, 0.25) is 10.0 Å². The lowest BCUT2D eigenvalue weighted by molar-refractivity contribution is 0.541. The number of aryl methyl sites for hydroxylation is 1. The highest BCUT2D eigenvalue weighted by Crippen LogP contribution is 2.18. The van der Waals surface area contributed by atoms with Crippen LogP contribution in [0, 0.1) is 6.92 Å². The van der Waals surface area contributed by atoms with E-state index in [1.54, 1.807) is 6.92 Å². The van der Waals surface area contributed by atoms with Crippen molar-refractivity contribution in [1.82, 2.24) is 20.2 Å². The van der Waals surface area contributed by atoms with Crippen molar-refractivity contribution in [2.75, 3.05) is 6.54 Å². The maximum Gasteiger partial charge on any atom is 0.244 e. The predicted octanol–water partition coefficient (Wildman–Crippen LogP) is 1.68. The molecule has 0 spiro atoms. The standard InChI is InChI=1S/C13H26N4O2S/c1-5-7-10(3)17-20(18,19)13-11(4)15-16-12(13)9-14-8-6-2/h10,14,17H,5-9H2,1-4H3,(H,15,16). The number of nitrogens with one attached hydrogen (secondary N) is 3. The summed E-state index contributed by atoms with van der Waals surface area (Å²) in [5, 5.41) is 10.0. The predicted molar refractivity (Wildman–Crippen MR) is 80.0 cm³/mol. The molecule has 1 rings (SSSR count). The van der Waals surface area contributed by atoms with Crippen molar-refractivity contribution in [3.63, 3.8) is 0 Å². The van der Waals surface area contributed by atoms with Gasteiger partial charge in [-0.1, -0.05) is 20.3 Å². The van der Waals surface area contributed by atoms with Crippen LogP contribution >= 0.6 is 0 Å². The first-order chi connectivity index (χ1) is 9.42. The molecule has 0 fully saturated rings. The molecule has 0 radical (unpaired) electrons. The van der Waals surface area contributed by atoms with Gasteiger partial charge in [0, 0.05) is 12.6 Å². The molecule has 0 aliphatic carbocycles. The fraction of sp³-hybridized carbons (Fsp3) is 0.769. The SMILES string of the molecule is CCCNCc1n[nH]c(C)c1S(=O)(=O)NC(C)CCC. The molecule has 1 atom stereocenters. The van der Waals surface area contributed by atoms with Crippen molar-refractivity contribution in [2.45, 2.75) is 64.4 Å². The van der Waals surface area contributed by atoms with Crippen LogP contribution in [0.2, 0.25) is 0 Å². The van der Waals surface area contributed by atoms with E-state index in [1.165, 1.54) is 0 Å². The van der Waals surface area contributed by atoms with E-state index in [2.05, 4.69) is 27.2 Å². The van der Waals surface area contributed by atoms with E-state index in [0.717, 1.165) is 25.8 Å². The van der Waals surface area contributed by atoms with E-state index in [-0.39, 0.29) is 10.9 Å². The van der Waals surface area contributed by atoms with Crippen molar-refractivity contribution < 1.29 is 8.42 Å². The molecule has 1 aromatic heterocycles. The maximum absolute atomic E-state index is 12.5. The summed E-state index contributed by atoms with van der Waals surface area (Å²) in [6.45, 7) is 9.00. The molecule has 0 aliphatic rings. The molecule has 3 N–H and O–H groups in total. The highest BCUT2D eigenvalue weighted by atomic mass is 32.2. The fourth-order valence-electron chi connectivity index (χ4n) is 2.15. The van der Waals surface area contributed by atoms with Gasteiger partial charge < -0.3 is 5.32 Å². The van der Waals surface area contributed by atoms with Gasteiger partial charge in [-0.2, -0.15) is 5.10 Å². The molecule has 116 valence electrons. The van der Waals surface area contributed by atoms with Gasteiger partial charge >= 0.3 is 0 Å². The van der Waals surface area contributed by atoms with Gasteiger partial charge in [0.05, 0.1) is 11.4 Å². The van der Waals surface area contributed by atoms with Crippen LogP contribution in [-0.4, -0.2) is 31.2 Å². The molecule has 1 unspecified atom stereocenters. The minimum Gasteiger partial charge on any atom is -0.311 e. The molecule has 0 aliphatic heterocycles. The first-order valence-corrected chi connectivity index (χ1v) is 8.67. The van der Waals surface area contributed by atoms with Gasteiger partial charge in [-0.15, -0.1) is 0 Å². The summed E-state index contributed by atoms with van der Waals surface area (Å²) in [6, 6.07) is -0.0734. The number of hydrogen-bond acceptors (Lipinski definition) is 4. The van der Waals surface area contributed by atoms with Crippen LogP contribution in [0.5, 0.6) is 0 Å². The van der Waals surface area contributed by atoms with Gasteiger partial charge in [-0.05, 0) is 33.2 Å². The molecule has 6 nitrogen and oxygen atoms in total. The van der Waals surface area contributed by atoms with Gasteiger partial charge in [-0.25, -0.2) is 13.1 Å². The summed E-state index contributed by atoms with van der Waals surface area (Å²) in [5.74, 6) is 0. The van der Waals surface area contributed by atoms with Crippen molar-refractivity contribution in [1.29, 1.82) is 0 Å². The second-order valence-electron chi connectivity index (χ2n) is 5.11. The molecule has 0 saturated carbocycles. The Morgan fingerprint density at radius 3 is 2.60 bits per heavy atom. The van der Waals surface area contributed by atoms with Gasteiger partial charge in [0.25, 0.3) is 0 Å². The highest BCUT2D eigenvalue weighted by molar-refractivity contribution is 7.89. The topological polar surface area (TPSA) is 86.9 Å². The van der Waals surface area contributed by atoms with Gasteiger partial charge in [0.15, 0.2) is 0 Å². The van der Waals surface area contributed by atoms with Crippen LogP contribution in [0.15, 0.2) is 4.90 Å². The minimum atomic E-state index is -3.52. The molecule has 7 heteroatoms. The second kappa shape index (κ2) is 7.75. The zero-order chi connectivity index (χ0) is 15.2. The monoisotopic (exact) mass is 302 g/mol. The van der Waals surface area contributed by atoms with E-state index in [0.29, 0.717) is 17.9 Å². The van der Waals surface area contributed by atoms with Gasteiger partial charge in [-0.3, -0.25) is 5.10 Å². The van der Waals surface area contributed by atoms with Crippen LogP contribution in [0.25, 0.3) is 0 Å². The zero-order valence-electron chi connectivity index (χ0n) is 12.8. The van der Waals surface area contributed by atoms with E-state index in [9.17, 15) is 8.42 Å². The van der Waals surface area contributed by atoms with E-state index in [4.69, 9.17) is 0 Å². The fourth-order valence-corrected chi connectivity index (χ4v) is 3.79. The Balaban J connectivity index is 2.90. The Labute approximate surface area is 121 Å². The number of sulfonamides is 1. The van der Waals surface area contributed by atoms with Crippen LogP contribution in [-0.2, 0) is 16.6 Å². The third-order valence-corrected chi connectivity index (χ3v) is 4.82. The van der Waals surface area contributed by atoms with Crippen molar-refractivity contribution >= 4 is 10.0 Å². The highest BCUT2D eigenvalue weighted by Gasteiger charge is 2.25. The summed E-state index contributed by atoms with van der Waals surface area (Å²) in [5.41, 5.74) is 1.13. The summed E-state index contributed by atoms with van der Waals surface area (Å²) in [4.78, 5) is 0.282. The Kier molecular flexibility index (Phi) is 6.64. The summed E-state index contributed by atoms with van der Waals surface area (Å²) in [6.07, 6.45) is 2.76. The number of nitrogens with zero attached hydrogens (tertiary/aromatic N) is 1. The zero-order valence-corrected chi connectivity index (χ0v) is 13.6. The van der Waals surface area contributed by atoms with Crippen molar-refractivity contribution in [3.05, 3.63) is 11.4 Å². The van der Waals surface area contributed by atoms with E-state index in [1.807, 2.05) is 13.8 Å². The average Bonchev–Trinajstić information content (AvgIpc) is 2.71. The lowest BCUT2D eigenvalue weighted by Crippen LogP contribution is -2.33. The summed E-state index contributed by atoms with van der Waals surface area (Å²) < 4.78 is 27.6. The number of rotatable bonds is 9. The summed E-state index contributed by atoms with van der Waals surface area (Å²) >= 11 is 0. The van der Waals surface area contributed by atoms with Crippen LogP contribution < -0.4 is 10.0 Å². The molecule has 1 heterocycles. The van der Waals surface area contributed by atoms with E-state index < -0.39 is 10.0 Å². The minimum absolute atomic E-state index is 0.0734. The largest absolute Gasteiger partial charge is 0.311 e. The first kappa shape index (κ1) is 17.1. The molecule has 0 saturated heterocycles. The lowest BCUT2D eigenvalue weighted by Gasteiger charge is -2.14. The third-order valence-electron chi connectivity index (χ3n) is 3.03. The Morgan fingerprint density at radius 2 is 2.00 bits per heavy atom. The Hall–Kier alpha value is -0.920. The molecule has 0 bridgehead atoms. The Bertz CT molecular complexity index is 510. The molecule has 20 heavy (non-hydrogen) atoms. The number of aromatic nitrogens is 2. The maximum atomic E-state index is 12.5. The van der Waals surface area contributed by atoms with Crippen LogP contribution in [0.3, 0.4) is 0 Å². The number of aromatic amines is 1. The average molecular weight is 302 g/mol. The van der Waals surface area contributed by atoms with Crippen LogP contribution in [0.1, 0.15) is 51.4 Å². The molecule has 0 aromatic carbocycles. The third kappa shape index (κ3) is 4.57. The van der Waals surface area contributed by atoms with Crippen molar-refractivity contribution in [3.8, 4) is 0 Å². The molecular formula is C13H26N4O2S. The number of H-pyrrole nitrogens is 1. The second-order valence-corrected chi connectivity index (χ2v) is 6.76. The first-order valence-electron chi connectivity index (χ1n) is 7.19.